The third kappa shape index (κ3) is 5.73. The van der Waals surface area contributed by atoms with Crippen molar-refractivity contribution in [2.75, 3.05) is 23.7 Å². The van der Waals surface area contributed by atoms with E-state index in [9.17, 15) is 9.59 Å². The molecule has 2 amide bonds. The lowest BCUT2D eigenvalue weighted by Crippen LogP contribution is -2.34. The van der Waals surface area contributed by atoms with E-state index in [4.69, 9.17) is 0 Å². The predicted octanol–water partition coefficient (Wildman–Crippen LogP) is 4.34. The summed E-state index contributed by atoms with van der Waals surface area (Å²) in [5.74, 6) is 1.34. The van der Waals surface area contributed by atoms with Crippen molar-refractivity contribution in [2.45, 2.75) is 64.5 Å². The summed E-state index contributed by atoms with van der Waals surface area (Å²) in [6, 6.07) is 4.82. The molecule has 0 saturated heterocycles. The number of hydrogen-bond acceptors (Lipinski definition) is 8. The molecule has 3 aromatic rings. The standard InChI is InChI=1S/C24H32N6O2S2/c1-13-3-5-15(7-13)25-11-21(31)29-23-27-17-9-18-20(10-19(17)33-23)34-24(28-18)30-22(32)12-26-16-6-4-14(2)8-16/h9-10,13-16,25-26H,3-8,11-12H2,1-2H3,(H,27,29,31)(H,28,30,32). The Morgan fingerprint density at radius 1 is 0.794 bits per heavy atom. The molecular weight excluding hydrogens is 468 g/mol. The van der Waals surface area contributed by atoms with Crippen LogP contribution in [-0.2, 0) is 9.59 Å². The zero-order valence-corrected chi connectivity index (χ0v) is 21.3. The Labute approximate surface area is 207 Å². The molecule has 5 rings (SSSR count). The van der Waals surface area contributed by atoms with Crippen molar-refractivity contribution in [1.29, 1.82) is 0 Å². The number of benzene rings is 1. The molecule has 2 saturated carbocycles. The fourth-order valence-electron chi connectivity index (χ4n) is 5.04. The zero-order chi connectivity index (χ0) is 23.7. The quantitative estimate of drug-likeness (QED) is 0.366. The number of carbonyl (C=O) groups is 2. The molecule has 10 heteroatoms. The normalized spacial score (nSPS) is 24.8. The van der Waals surface area contributed by atoms with Crippen LogP contribution in [0.2, 0.25) is 0 Å². The summed E-state index contributed by atoms with van der Waals surface area (Å²) in [5, 5.41) is 13.7. The van der Waals surface area contributed by atoms with Crippen molar-refractivity contribution in [1.82, 2.24) is 20.6 Å². The lowest BCUT2D eigenvalue weighted by molar-refractivity contribution is -0.116. The van der Waals surface area contributed by atoms with E-state index in [-0.39, 0.29) is 11.8 Å². The number of hydrogen-bond donors (Lipinski definition) is 4. The number of fused-ring (bicyclic) bond motifs is 2. The summed E-state index contributed by atoms with van der Waals surface area (Å²) in [6.45, 7) is 5.13. The van der Waals surface area contributed by atoms with Crippen LogP contribution in [0.15, 0.2) is 12.1 Å². The van der Waals surface area contributed by atoms with Gasteiger partial charge in [0, 0.05) is 12.1 Å². The minimum Gasteiger partial charge on any atom is -0.306 e. The first-order valence-electron chi connectivity index (χ1n) is 12.2. The van der Waals surface area contributed by atoms with Crippen LogP contribution < -0.4 is 21.3 Å². The number of amides is 2. The Bertz CT molecular complexity index is 1050. The van der Waals surface area contributed by atoms with E-state index < -0.39 is 0 Å². The second kappa shape index (κ2) is 10.2. The van der Waals surface area contributed by atoms with Gasteiger partial charge in [-0.3, -0.25) is 9.59 Å². The van der Waals surface area contributed by atoms with Crippen LogP contribution in [-0.4, -0.2) is 47.0 Å². The zero-order valence-electron chi connectivity index (χ0n) is 19.6. The van der Waals surface area contributed by atoms with Gasteiger partial charge < -0.3 is 21.3 Å². The minimum atomic E-state index is -0.0655. The molecule has 4 unspecified atom stereocenters. The van der Waals surface area contributed by atoms with Gasteiger partial charge >= 0.3 is 0 Å². The maximum Gasteiger partial charge on any atom is 0.240 e. The smallest absolute Gasteiger partial charge is 0.240 e. The third-order valence-electron chi connectivity index (χ3n) is 6.88. The van der Waals surface area contributed by atoms with Crippen LogP contribution in [0.25, 0.3) is 20.4 Å². The Kier molecular flexibility index (Phi) is 7.10. The molecule has 4 atom stereocenters. The number of nitrogens with zero attached hydrogens (tertiary/aromatic N) is 2. The summed E-state index contributed by atoms with van der Waals surface area (Å²) < 4.78 is 1.97. The number of nitrogens with one attached hydrogen (secondary N) is 4. The molecule has 0 aliphatic heterocycles. The van der Waals surface area contributed by atoms with Crippen LogP contribution in [0, 0.1) is 11.8 Å². The van der Waals surface area contributed by atoms with Gasteiger partial charge in [0.05, 0.1) is 33.5 Å². The van der Waals surface area contributed by atoms with Crippen LogP contribution >= 0.6 is 22.7 Å². The molecule has 2 heterocycles. The Hall–Kier alpha value is -2.14. The highest BCUT2D eigenvalue weighted by Crippen LogP contribution is 2.34. The maximum atomic E-state index is 12.3. The Balaban J connectivity index is 1.16. The van der Waals surface area contributed by atoms with Gasteiger partial charge in [0.1, 0.15) is 0 Å². The SMILES string of the molecule is CC1CCC(NCC(=O)Nc2nc3cc4nc(NC(=O)CNC5CCC(C)C5)sc4cc3s2)C1. The first kappa shape index (κ1) is 23.6. The van der Waals surface area contributed by atoms with Gasteiger partial charge in [0.25, 0.3) is 0 Å². The van der Waals surface area contributed by atoms with Gasteiger partial charge in [-0.25, -0.2) is 9.97 Å². The van der Waals surface area contributed by atoms with E-state index in [2.05, 4.69) is 45.1 Å². The maximum absolute atomic E-state index is 12.3. The average molecular weight is 501 g/mol. The van der Waals surface area contributed by atoms with E-state index in [0.717, 1.165) is 58.0 Å². The molecular formula is C24H32N6O2S2. The van der Waals surface area contributed by atoms with Crippen molar-refractivity contribution in [3.05, 3.63) is 12.1 Å². The van der Waals surface area contributed by atoms with Gasteiger partial charge in [-0.1, -0.05) is 36.5 Å². The molecule has 0 bridgehead atoms. The molecule has 8 nitrogen and oxygen atoms in total. The topological polar surface area (TPSA) is 108 Å². The fraction of sp³-hybridized carbons (Fsp3) is 0.583. The third-order valence-corrected chi connectivity index (χ3v) is 8.75. The van der Waals surface area contributed by atoms with E-state index >= 15 is 0 Å². The Morgan fingerprint density at radius 2 is 1.26 bits per heavy atom. The number of carbonyl (C=O) groups excluding carboxylic acids is 2. The average Bonchev–Trinajstić information content (AvgIpc) is 3.56. The van der Waals surface area contributed by atoms with Crippen molar-refractivity contribution in [3.63, 3.8) is 0 Å². The van der Waals surface area contributed by atoms with E-state index in [1.165, 1.54) is 35.5 Å². The summed E-state index contributed by atoms with van der Waals surface area (Å²) in [5.41, 5.74) is 1.59. The van der Waals surface area contributed by atoms with Gasteiger partial charge in [0.2, 0.25) is 11.8 Å². The molecule has 0 spiro atoms. The van der Waals surface area contributed by atoms with Gasteiger partial charge in [-0.05, 0) is 62.5 Å². The lowest BCUT2D eigenvalue weighted by Gasteiger charge is -2.11. The van der Waals surface area contributed by atoms with Gasteiger partial charge in [0.15, 0.2) is 10.3 Å². The molecule has 0 radical (unpaired) electrons. The fourth-order valence-corrected chi connectivity index (χ4v) is 6.92. The highest BCUT2D eigenvalue weighted by atomic mass is 32.1. The number of aromatic nitrogens is 2. The largest absolute Gasteiger partial charge is 0.306 e. The van der Waals surface area contributed by atoms with Crippen molar-refractivity contribution in [3.8, 4) is 0 Å². The van der Waals surface area contributed by atoms with Crippen molar-refractivity contribution >= 4 is 65.2 Å². The highest BCUT2D eigenvalue weighted by molar-refractivity contribution is 7.24. The molecule has 2 aliphatic rings. The minimum absolute atomic E-state index is 0.0655. The molecule has 4 N–H and O–H groups in total. The molecule has 1 aromatic carbocycles. The van der Waals surface area contributed by atoms with Crippen LogP contribution in [0.1, 0.15) is 52.4 Å². The van der Waals surface area contributed by atoms with Crippen molar-refractivity contribution in [2.24, 2.45) is 11.8 Å². The highest BCUT2D eigenvalue weighted by Gasteiger charge is 2.22. The summed E-state index contributed by atoms with van der Waals surface area (Å²) >= 11 is 2.91. The van der Waals surface area contributed by atoms with Gasteiger partial charge in [-0.15, -0.1) is 0 Å². The van der Waals surface area contributed by atoms with E-state index in [1.54, 1.807) is 0 Å². The number of thiazole rings is 2. The number of anilines is 2. The number of rotatable bonds is 8. The van der Waals surface area contributed by atoms with Crippen LogP contribution in [0.4, 0.5) is 10.3 Å². The second-order valence-electron chi connectivity index (χ2n) is 9.91. The van der Waals surface area contributed by atoms with Crippen LogP contribution in [0.5, 0.6) is 0 Å². The molecule has 34 heavy (non-hydrogen) atoms. The van der Waals surface area contributed by atoms with Crippen LogP contribution in [0.3, 0.4) is 0 Å². The van der Waals surface area contributed by atoms with Crippen molar-refractivity contribution < 1.29 is 9.59 Å². The van der Waals surface area contributed by atoms with Gasteiger partial charge in [-0.2, -0.15) is 0 Å². The second-order valence-corrected chi connectivity index (χ2v) is 12.0. The molecule has 2 aromatic heterocycles. The molecule has 2 aliphatic carbocycles. The Morgan fingerprint density at radius 3 is 1.68 bits per heavy atom. The first-order chi connectivity index (χ1) is 16.4. The van der Waals surface area contributed by atoms with E-state index in [0.29, 0.717) is 35.4 Å². The predicted molar refractivity (Wildman–Crippen MR) is 140 cm³/mol. The molecule has 182 valence electrons. The summed E-state index contributed by atoms with van der Waals surface area (Å²) in [6.07, 6.45) is 7.00. The summed E-state index contributed by atoms with van der Waals surface area (Å²) in [4.78, 5) is 33.8. The summed E-state index contributed by atoms with van der Waals surface area (Å²) in [7, 11) is 0. The van der Waals surface area contributed by atoms with E-state index in [1.807, 2.05) is 12.1 Å². The first-order valence-corrected chi connectivity index (χ1v) is 13.8. The lowest BCUT2D eigenvalue weighted by atomic mass is 10.1. The monoisotopic (exact) mass is 500 g/mol. The molecule has 2 fully saturated rings.